The Kier molecular flexibility index (Phi) is 3.92. The van der Waals surface area contributed by atoms with Crippen LogP contribution in [0.1, 0.15) is 56.1 Å². The number of rotatable bonds is 4. The lowest BCUT2D eigenvalue weighted by Crippen LogP contribution is -2.39. The van der Waals surface area contributed by atoms with Gasteiger partial charge in [0.15, 0.2) is 0 Å². The SMILES string of the molecule is COC1(C(=O)c2c(Br)cnn2C(C)C)CCCC1. The predicted octanol–water partition coefficient (Wildman–Crippen LogP) is 3.37. The molecule has 0 amide bonds. The summed E-state index contributed by atoms with van der Waals surface area (Å²) in [5.41, 5.74) is -0.0106. The summed E-state index contributed by atoms with van der Waals surface area (Å²) in [6.07, 6.45) is 5.39. The first-order chi connectivity index (χ1) is 8.52. The van der Waals surface area contributed by atoms with E-state index in [2.05, 4.69) is 21.0 Å². The molecule has 0 aliphatic heterocycles. The minimum absolute atomic E-state index is 0.0561. The first kappa shape index (κ1) is 13.7. The van der Waals surface area contributed by atoms with Crippen molar-refractivity contribution in [1.29, 1.82) is 0 Å². The van der Waals surface area contributed by atoms with Gasteiger partial charge in [-0.05, 0) is 55.5 Å². The van der Waals surface area contributed by atoms with Crippen molar-refractivity contribution in [2.45, 2.75) is 51.2 Å². The molecule has 1 heterocycles. The van der Waals surface area contributed by atoms with E-state index in [1.807, 2.05) is 13.8 Å². The predicted molar refractivity (Wildman–Crippen MR) is 72.9 cm³/mol. The fraction of sp³-hybridized carbons (Fsp3) is 0.692. The van der Waals surface area contributed by atoms with E-state index in [1.165, 1.54) is 0 Å². The first-order valence-electron chi connectivity index (χ1n) is 6.35. The molecule has 1 fully saturated rings. The average Bonchev–Trinajstić information content (AvgIpc) is 2.95. The highest BCUT2D eigenvalue weighted by Crippen LogP contribution is 2.37. The van der Waals surface area contributed by atoms with Crippen molar-refractivity contribution in [2.24, 2.45) is 0 Å². The van der Waals surface area contributed by atoms with E-state index in [4.69, 9.17) is 4.74 Å². The second-order valence-electron chi connectivity index (χ2n) is 5.11. The van der Waals surface area contributed by atoms with Gasteiger partial charge in [-0.1, -0.05) is 0 Å². The van der Waals surface area contributed by atoms with Crippen LogP contribution in [0.25, 0.3) is 0 Å². The number of hydrogen-bond acceptors (Lipinski definition) is 3. The molecule has 0 radical (unpaired) electrons. The number of halogens is 1. The molecule has 5 heteroatoms. The fourth-order valence-corrected chi connectivity index (χ4v) is 3.08. The number of carbonyl (C=O) groups is 1. The summed E-state index contributed by atoms with van der Waals surface area (Å²) in [4.78, 5) is 12.8. The summed E-state index contributed by atoms with van der Waals surface area (Å²) in [7, 11) is 1.63. The molecule has 0 spiro atoms. The molecular formula is C13H19BrN2O2. The molecule has 1 saturated carbocycles. The molecule has 0 atom stereocenters. The number of aromatic nitrogens is 2. The Labute approximate surface area is 116 Å². The van der Waals surface area contributed by atoms with Crippen LogP contribution in [-0.4, -0.2) is 28.3 Å². The Morgan fingerprint density at radius 2 is 2.11 bits per heavy atom. The van der Waals surface area contributed by atoms with Crippen molar-refractivity contribution < 1.29 is 9.53 Å². The van der Waals surface area contributed by atoms with Crippen LogP contribution in [0.15, 0.2) is 10.7 Å². The average molecular weight is 315 g/mol. The molecule has 0 N–H and O–H groups in total. The van der Waals surface area contributed by atoms with Gasteiger partial charge in [0.25, 0.3) is 0 Å². The normalized spacial score (nSPS) is 18.5. The Bertz CT molecular complexity index is 448. The molecule has 4 nitrogen and oxygen atoms in total. The van der Waals surface area contributed by atoms with E-state index < -0.39 is 5.60 Å². The largest absolute Gasteiger partial charge is 0.370 e. The van der Waals surface area contributed by atoms with Gasteiger partial charge in [-0.15, -0.1) is 0 Å². The van der Waals surface area contributed by atoms with Crippen LogP contribution in [0, 0.1) is 0 Å². The molecular weight excluding hydrogens is 296 g/mol. The lowest BCUT2D eigenvalue weighted by atomic mass is 9.93. The van der Waals surface area contributed by atoms with E-state index in [-0.39, 0.29) is 11.8 Å². The lowest BCUT2D eigenvalue weighted by Gasteiger charge is -2.26. The summed E-state index contributed by atoms with van der Waals surface area (Å²) < 4.78 is 8.09. The van der Waals surface area contributed by atoms with Crippen molar-refractivity contribution in [1.82, 2.24) is 9.78 Å². The van der Waals surface area contributed by atoms with Gasteiger partial charge < -0.3 is 4.74 Å². The molecule has 1 aromatic heterocycles. The quantitative estimate of drug-likeness (QED) is 0.800. The van der Waals surface area contributed by atoms with Gasteiger partial charge in [-0.25, -0.2) is 0 Å². The highest BCUT2D eigenvalue weighted by atomic mass is 79.9. The third-order valence-corrected chi connectivity index (χ3v) is 4.25. The minimum Gasteiger partial charge on any atom is -0.370 e. The molecule has 0 saturated heterocycles. The second-order valence-corrected chi connectivity index (χ2v) is 5.97. The zero-order valence-corrected chi connectivity index (χ0v) is 12.7. The molecule has 1 aliphatic carbocycles. The van der Waals surface area contributed by atoms with Gasteiger partial charge in [-0.3, -0.25) is 9.48 Å². The van der Waals surface area contributed by atoms with E-state index in [9.17, 15) is 4.79 Å². The van der Waals surface area contributed by atoms with Crippen molar-refractivity contribution in [3.8, 4) is 0 Å². The topological polar surface area (TPSA) is 44.1 Å². The van der Waals surface area contributed by atoms with Crippen LogP contribution in [0.4, 0.5) is 0 Å². The number of nitrogens with zero attached hydrogens (tertiary/aromatic N) is 2. The molecule has 0 unspecified atom stereocenters. The standard InChI is InChI=1S/C13H19BrN2O2/c1-9(2)16-11(10(14)8-15-16)12(17)13(18-3)6-4-5-7-13/h8-9H,4-7H2,1-3H3. The maximum absolute atomic E-state index is 12.8. The van der Waals surface area contributed by atoms with Crippen LogP contribution in [-0.2, 0) is 4.74 Å². The van der Waals surface area contributed by atoms with Gasteiger partial charge in [0.1, 0.15) is 11.3 Å². The molecule has 1 aromatic rings. The number of methoxy groups -OCH3 is 1. The van der Waals surface area contributed by atoms with E-state index in [0.29, 0.717) is 5.69 Å². The van der Waals surface area contributed by atoms with Gasteiger partial charge >= 0.3 is 0 Å². The molecule has 0 bridgehead atoms. The maximum Gasteiger partial charge on any atom is 0.213 e. The van der Waals surface area contributed by atoms with Gasteiger partial charge in [0.05, 0.1) is 10.7 Å². The van der Waals surface area contributed by atoms with E-state index in [1.54, 1.807) is 18.0 Å². The van der Waals surface area contributed by atoms with Crippen LogP contribution in [0.3, 0.4) is 0 Å². The van der Waals surface area contributed by atoms with Gasteiger partial charge in [-0.2, -0.15) is 5.10 Å². The van der Waals surface area contributed by atoms with Crippen molar-refractivity contribution in [2.75, 3.05) is 7.11 Å². The van der Waals surface area contributed by atoms with Gasteiger partial charge in [0, 0.05) is 13.2 Å². The fourth-order valence-electron chi connectivity index (χ4n) is 2.63. The van der Waals surface area contributed by atoms with Gasteiger partial charge in [0.2, 0.25) is 5.78 Å². The van der Waals surface area contributed by atoms with Crippen molar-refractivity contribution in [3.63, 3.8) is 0 Å². The minimum atomic E-state index is -0.644. The maximum atomic E-state index is 12.8. The highest BCUT2D eigenvalue weighted by molar-refractivity contribution is 9.10. The van der Waals surface area contributed by atoms with Crippen LogP contribution in [0.5, 0.6) is 0 Å². The first-order valence-corrected chi connectivity index (χ1v) is 7.14. The van der Waals surface area contributed by atoms with Crippen molar-refractivity contribution >= 4 is 21.7 Å². The molecule has 18 heavy (non-hydrogen) atoms. The Balaban J connectivity index is 2.42. The van der Waals surface area contributed by atoms with Crippen molar-refractivity contribution in [3.05, 3.63) is 16.4 Å². The number of carbonyl (C=O) groups excluding carboxylic acids is 1. The zero-order valence-electron chi connectivity index (χ0n) is 11.1. The Morgan fingerprint density at radius 1 is 1.50 bits per heavy atom. The highest BCUT2D eigenvalue weighted by Gasteiger charge is 2.43. The van der Waals surface area contributed by atoms with Crippen LogP contribution >= 0.6 is 15.9 Å². The molecule has 0 aromatic carbocycles. The van der Waals surface area contributed by atoms with Crippen LogP contribution < -0.4 is 0 Å². The molecule has 100 valence electrons. The number of hydrogen-bond donors (Lipinski definition) is 0. The smallest absolute Gasteiger partial charge is 0.213 e. The number of ether oxygens (including phenoxy) is 1. The number of ketones is 1. The summed E-state index contributed by atoms with van der Waals surface area (Å²) in [5, 5.41) is 4.27. The van der Waals surface area contributed by atoms with Crippen LogP contribution in [0.2, 0.25) is 0 Å². The summed E-state index contributed by atoms with van der Waals surface area (Å²) in [5.74, 6) is 0.0561. The third kappa shape index (κ3) is 2.14. The molecule has 2 rings (SSSR count). The summed E-state index contributed by atoms with van der Waals surface area (Å²) >= 11 is 3.43. The summed E-state index contributed by atoms with van der Waals surface area (Å²) in [6, 6.07) is 0.158. The Morgan fingerprint density at radius 3 is 2.61 bits per heavy atom. The monoisotopic (exact) mass is 314 g/mol. The number of Topliss-reactive ketones (excluding diaryl/α,β-unsaturated/α-hetero) is 1. The Hall–Kier alpha value is -0.680. The zero-order chi connectivity index (χ0) is 13.3. The second kappa shape index (κ2) is 5.13. The van der Waals surface area contributed by atoms with E-state index >= 15 is 0 Å². The van der Waals surface area contributed by atoms with E-state index in [0.717, 1.165) is 30.2 Å². The molecule has 1 aliphatic rings. The lowest BCUT2D eigenvalue weighted by molar-refractivity contribution is 0.00496. The summed E-state index contributed by atoms with van der Waals surface area (Å²) in [6.45, 7) is 4.04. The third-order valence-electron chi connectivity index (χ3n) is 3.67.